The number of hydrogen-bond donors (Lipinski definition) is 2. The molecule has 1 aromatic carbocycles. The summed E-state index contributed by atoms with van der Waals surface area (Å²) in [6.45, 7) is 5.21. The standard InChI is InChI=1S/C16H22N2O3/c1-3-16(2)9-12(6-7-21-16)17-11-4-5-14-13(8-11)18-15(19)10-20-14/h4-5,8,12,17H,3,6-7,9-10H2,1-2H3,(H,18,19). The molecule has 2 aliphatic heterocycles. The number of carbonyl (C=O) groups is 1. The summed E-state index contributed by atoms with van der Waals surface area (Å²) in [7, 11) is 0. The fraction of sp³-hybridized carbons (Fsp3) is 0.562. The minimum absolute atomic E-state index is 0.0402. The molecule has 5 heteroatoms. The maximum absolute atomic E-state index is 11.4. The van der Waals surface area contributed by atoms with Gasteiger partial charge in [0.1, 0.15) is 5.75 Å². The average molecular weight is 290 g/mol. The lowest BCUT2D eigenvalue weighted by Crippen LogP contribution is -2.41. The summed E-state index contributed by atoms with van der Waals surface area (Å²) >= 11 is 0. The summed E-state index contributed by atoms with van der Waals surface area (Å²) in [4.78, 5) is 11.4. The molecular formula is C16H22N2O3. The van der Waals surface area contributed by atoms with Crippen LogP contribution in [0.5, 0.6) is 5.75 Å². The van der Waals surface area contributed by atoms with E-state index in [0.29, 0.717) is 6.04 Å². The van der Waals surface area contributed by atoms with Crippen LogP contribution in [0.25, 0.3) is 0 Å². The van der Waals surface area contributed by atoms with Gasteiger partial charge in [0.25, 0.3) is 5.91 Å². The highest BCUT2D eigenvalue weighted by Gasteiger charge is 2.31. The zero-order valence-corrected chi connectivity index (χ0v) is 12.6. The van der Waals surface area contributed by atoms with Crippen molar-refractivity contribution in [2.45, 2.75) is 44.8 Å². The number of hydrogen-bond acceptors (Lipinski definition) is 4. The fourth-order valence-electron chi connectivity index (χ4n) is 2.91. The first-order chi connectivity index (χ1) is 10.1. The predicted molar refractivity (Wildman–Crippen MR) is 81.9 cm³/mol. The molecule has 1 saturated heterocycles. The molecule has 1 fully saturated rings. The molecule has 0 saturated carbocycles. The first-order valence-electron chi connectivity index (χ1n) is 7.55. The second kappa shape index (κ2) is 5.56. The first-order valence-corrected chi connectivity index (χ1v) is 7.55. The SMILES string of the molecule is CCC1(C)CC(Nc2ccc3c(c2)NC(=O)CO3)CCO1. The van der Waals surface area contributed by atoms with E-state index in [1.165, 1.54) is 0 Å². The van der Waals surface area contributed by atoms with Gasteiger partial charge in [0.05, 0.1) is 11.3 Å². The summed E-state index contributed by atoms with van der Waals surface area (Å²) in [5.41, 5.74) is 1.70. The van der Waals surface area contributed by atoms with Crippen molar-refractivity contribution < 1.29 is 14.3 Å². The molecule has 2 N–H and O–H groups in total. The van der Waals surface area contributed by atoms with Crippen LogP contribution in [0, 0.1) is 0 Å². The topological polar surface area (TPSA) is 59.6 Å². The molecule has 114 valence electrons. The van der Waals surface area contributed by atoms with Crippen molar-refractivity contribution in [1.29, 1.82) is 0 Å². The van der Waals surface area contributed by atoms with Gasteiger partial charge in [-0.2, -0.15) is 0 Å². The van der Waals surface area contributed by atoms with Crippen LogP contribution in [0.15, 0.2) is 18.2 Å². The van der Waals surface area contributed by atoms with Gasteiger partial charge >= 0.3 is 0 Å². The summed E-state index contributed by atoms with van der Waals surface area (Å²) in [6.07, 6.45) is 3.00. The highest BCUT2D eigenvalue weighted by Crippen LogP contribution is 2.33. The number of anilines is 2. The van der Waals surface area contributed by atoms with Crippen LogP contribution >= 0.6 is 0 Å². The van der Waals surface area contributed by atoms with E-state index in [2.05, 4.69) is 24.5 Å². The summed E-state index contributed by atoms with van der Waals surface area (Å²) in [6, 6.07) is 6.22. The van der Waals surface area contributed by atoms with Gasteiger partial charge in [0.15, 0.2) is 6.61 Å². The molecule has 0 bridgehead atoms. The van der Waals surface area contributed by atoms with Crippen molar-refractivity contribution in [3.05, 3.63) is 18.2 Å². The summed E-state index contributed by atoms with van der Waals surface area (Å²) in [5.74, 6) is 0.620. The minimum Gasteiger partial charge on any atom is -0.482 e. The smallest absolute Gasteiger partial charge is 0.262 e. The third kappa shape index (κ3) is 3.13. The molecule has 1 aromatic rings. The van der Waals surface area contributed by atoms with E-state index in [1.807, 2.05) is 18.2 Å². The molecule has 2 heterocycles. The Kier molecular flexibility index (Phi) is 3.76. The van der Waals surface area contributed by atoms with E-state index in [-0.39, 0.29) is 18.1 Å². The molecule has 2 atom stereocenters. The normalized spacial score (nSPS) is 28.3. The number of nitrogens with one attached hydrogen (secondary N) is 2. The molecule has 0 aliphatic carbocycles. The zero-order valence-electron chi connectivity index (χ0n) is 12.6. The molecule has 1 amide bonds. The molecule has 21 heavy (non-hydrogen) atoms. The highest BCUT2D eigenvalue weighted by atomic mass is 16.5. The zero-order chi connectivity index (χ0) is 14.9. The van der Waals surface area contributed by atoms with Crippen molar-refractivity contribution in [2.24, 2.45) is 0 Å². The van der Waals surface area contributed by atoms with E-state index in [1.54, 1.807) is 0 Å². The summed E-state index contributed by atoms with van der Waals surface area (Å²) in [5, 5.41) is 6.38. The lowest BCUT2D eigenvalue weighted by atomic mass is 9.90. The number of amides is 1. The van der Waals surface area contributed by atoms with E-state index >= 15 is 0 Å². The van der Waals surface area contributed by atoms with Gasteiger partial charge in [0.2, 0.25) is 0 Å². The molecular weight excluding hydrogens is 268 g/mol. The molecule has 0 spiro atoms. The van der Waals surface area contributed by atoms with Crippen LogP contribution in [0.4, 0.5) is 11.4 Å². The number of benzene rings is 1. The Labute approximate surface area is 125 Å². The molecule has 2 aliphatic rings. The third-order valence-corrected chi connectivity index (χ3v) is 4.33. The van der Waals surface area contributed by atoms with Crippen LogP contribution < -0.4 is 15.4 Å². The summed E-state index contributed by atoms with van der Waals surface area (Å²) < 4.78 is 11.2. The Morgan fingerprint density at radius 3 is 3.14 bits per heavy atom. The van der Waals surface area contributed by atoms with Crippen molar-refractivity contribution in [3.8, 4) is 5.75 Å². The van der Waals surface area contributed by atoms with Crippen LogP contribution in [0.2, 0.25) is 0 Å². The maximum Gasteiger partial charge on any atom is 0.262 e. The van der Waals surface area contributed by atoms with Gasteiger partial charge in [-0.05, 0) is 44.4 Å². The Morgan fingerprint density at radius 1 is 1.48 bits per heavy atom. The highest BCUT2D eigenvalue weighted by molar-refractivity contribution is 5.96. The van der Waals surface area contributed by atoms with E-state index in [9.17, 15) is 4.79 Å². The fourth-order valence-corrected chi connectivity index (χ4v) is 2.91. The Bertz CT molecular complexity index is 546. The lowest BCUT2D eigenvalue weighted by molar-refractivity contribution is -0.118. The van der Waals surface area contributed by atoms with Crippen LogP contribution in [0.3, 0.4) is 0 Å². The Balaban J connectivity index is 1.70. The predicted octanol–water partition coefficient (Wildman–Crippen LogP) is 2.78. The second-order valence-corrected chi connectivity index (χ2v) is 6.03. The molecule has 5 nitrogen and oxygen atoms in total. The molecule has 3 rings (SSSR count). The maximum atomic E-state index is 11.4. The quantitative estimate of drug-likeness (QED) is 0.898. The number of carbonyl (C=O) groups excluding carboxylic acids is 1. The van der Waals surface area contributed by atoms with E-state index in [0.717, 1.165) is 43.0 Å². The largest absolute Gasteiger partial charge is 0.482 e. The Hall–Kier alpha value is -1.75. The van der Waals surface area contributed by atoms with Crippen molar-refractivity contribution in [3.63, 3.8) is 0 Å². The van der Waals surface area contributed by atoms with Gasteiger partial charge in [0, 0.05) is 18.3 Å². The van der Waals surface area contributed by atoms with Gasteiger partial charge in [-0.25, -0.2) is 0 Å². The van der Waals surface area contributed by atoms with Crippen LogP contribution in [0.1, 0.15) is 33.1 Å². The first kappa shape index (κ1) is 14.2. The van der Waals surface area contributed by atoms with Gasteiger partial charge in [-0.3, -0.25) is 4.79 Å². The van der Waals surface area contributed by atoms with Crippen LogP contribution in [-0.4, -0.2) is 30.8 Å². The van der Waals surface area contributed by atoms with Crippen LogP contribution in [-0.2, 0) is 9.53 Å². The van der Waals surface area contributed by atoms with E-state index < -0.39 is 0 Å². The number of rotatable bonds is 3. The number of fused-ring (bicyclic) bond motifs is 1. The lowest BCUT2D eigenvalue weighted by Gasteiger charge is -2.38. The van der Waals surface area contributed by atoms with Gasteiger partial charge in [-0.15, -0.1) is 0 Å². The number of ether oxygens (including phenoxy) is 2. The minimum atomic E-state index is -0.107. The monoisotopic (exact) mass is 290 g/mol. The van der Waals surface area contributed by atoms with E-state index in [4.69, 9.17) is 9.47 Å². The molecule has 2 unspecified atom stereocenters. The average Bonchev–Trinajstić information content (AvgIpc) is 2.47. The van der Waals surface area contributed by atoms with Crippen molar-refractivity contribution >= 4 is 17.3 Å². The Morgan fingerprint density at radius 2 is 2.33 bits per heavy atom. The molecule has 0 radical (unpaired) electrons. The van der Waals surface area contributed by atoms with Gasteiger partial charge < -0.3 is 20.1 Å². The molecule has 0 aromatic heterocycles. The van der Waals surface area contributed by atoms with Gasteiger partial charge in [-0.1, -0.05) is 6.92 Å². The second-order valence-electron chi connectivity index (χ2n) is 6.03. The third-order valence-electron chi connectivity index (χ3n) is 4.33. The van der Waals surface area contributed by atoms with Crippen molar-refractivity contribution in [2.75, 3.05) is 23.8 Å². The van der Waals surface area contributed by atoms with Crippen molar-refractivity contribution in [1.82, 2.24) is 0 Å².